The summed E-state index contributed by atoms with van der Waals surface area (Å²) >= 11 is 0. The van der Waals surface area contributed by atoms with Gasteiger partial charge in [0.25, 0.3) is 0 Å². The van der Waals surface area contributed by atoms with Gasteiger partial charge in [0.2, 0.25) is 0 Å². The van der Waals surface area contributed by atoms with Crippen LogP contribution in [0, 0.1) is 12.3 Å². The quantitative estimate of drug-likeness (QED) is 0.420. The fourth-order valence-corrected chi connectivity index (χ4v) is 2.28. The molecule has 0 radical (unpaired) electrons. The van der Waals surface area contributed by atoms with Crippen LogP contribution in [0.3, 0.4) is 0 Å². The molecule has 1 rings (SSSR count). The van der Waals surface area contributed by atoms with Crippen LogP contribution in [-0.4, -0.2) is 49.6 Å². The highest BCUT2D eigenvalue weighted by Gasteiger charge is 2.19. The van der Waals surface area contributed by atoms with Crippen LogP contribution in [0.1, 0.15) is 33.1 Å². The zero-order chi connectivity index (χ0) is 13.2. The van der Waals surface area contributed by atoms with Crippen molar-refractivity contribution in [2.75, 3.05) is 32.7 Å². The molecule has 0 aromatic carbocycles. The Morgan fingerprint density at radius 1 is 1.33 bits per heavy atom. The predicted molar refractivity (Wildman–Crippen MR) is 77.7 cm³/mol. The van der Waals surface area contributed by atoms with Crippen LogP contribution in [0.15, 0.2) is 4.99 Å². The van der Waals surface area contributed by atoms with E-state index in [4.69, 9.17) is 6.42 Å². The third-order valence-corrected chi connectivity index (χ3v) is 3.29. The number of terminal acetylenes is 1. The van der Waals surface area contributed by atoms with E-state index in [0.29, 0.717) is 12.6 Å². The van der Waals surface area contributed by atoms with E-state index in [-0.39, 0.29) is 0 Å². The molecule has 1 fully saturated rings. The summed E-state index contributed by atoms with van der Waals surface area (Å²) in [6, 6.07) is 0.564. The van der Waals surface area contributed by atoms with Crippen molar-refractivity contribution >= 4 is 5.96 Å². The third-order valence-electron chi connectivity index (χ3n) is 3.29. The van der Waals surface area contributed by atoms with Crippen LogP contribution in [-0.2, 0) is 0 Å². The number of nitrogens with zero attached hydrogens (tertiary/aromatic N) is 2. The van der Waals surface area contributed by atoms with Crippen LogP contribution < -0.4 is 10.6 Å². The first-order chi connectivity index (χ1) is 8.81. The van der Waals surface area contributed by atoms with E-state index in [2.05, 4.69) is 40.3 Å². The second kappa shape index (κ2) is 8.82. The first-order valence-electron chi connectivity index (χ1n) is 7.01. The molecule has 1 atom stereocenters. The SMILES string of the molecule is C#CCNC(=NCC(CC)N1CCCC1)NCC. The topological polar surface area (TPSA) is 39.7 Å². The Bertz CT molecular complexity index is 287. The molecule has 1 aliphatic heterocycles. The molecule has 1 heterocycles. The zero-order valence-electron chi connectivity index (χ0n) is 11.7. The van der Waals surface area contributed by atoms with Crippen LogP contribution >= 0.6 is 0 Å². The highest BCUT2D eigenvalue weighted by atomic mass is 15.2. The van der Waals surface area contributed by atoms with Crippen molar-refractivity contribution in [3.8, 4) is 12.3 Å². The lowest BCUT2D eigenvalue weighted by Gasteiger charge is -2.25. The van der Waals surface area contributed by atoms with E-state index in [1.54, 1.807) is 0 Å². The molecule has 1 unspecified atom stereocenters. The number of likely N-dealkylation sites (tertiary alicyclic amines) is 1. The van der Waals surface area contributed by atoms with Crippen molar-refractivity contribution in [1.82, 2.24) is 15.5 Å². The Kier molecular flexibility index (Phi) is 7.28. The van der Waals surface area contributed by atoms with E-state index < -0.39 is 0 Å². The van der Waals surface area contributed by atoms with E-state index in [1.165, 1.54) is 25.9 Å². The fourth-order valence-electron chi connectivity index (χ4n) is 2.28. The number of hydrogen-bond acceptors (Lipinski definition) is 2. The molecule has 18 heavy (non-hydrogen) atoms. The number of aliphatic imine (C=N–C) groups is 1. The highest BCUT2D eigenvalue weighted by molar-refractivity contribution is 5.79. The largest absolute Gasteiger partial charge is 0.357 e. The number of guanidine groups is 1. The third kappa shape index (κ3) is 4.97. The van der Waals surface area contributed by atoms with Crippen molar-refractivity contribution in [2.24, 2.45) is 4.99 Å². The summed E-state index contributed by atoms with van der Waals surface area (Å²) in [5.41, 5.74) is 0. The van der Waals surface area contributed by atoms with Crippen molar-refractivity contribution in [3.63, 3.8) is 0 Å². The van der Waals surface area contributed by atoms with Gasteiger partial charge in [0.15, 0.2) is 5.96 Å². The molecule has 0 bridgehead atoms. The average Bonchev–Trinajstić information content (AvgIpc) is 2.90. The minimum absolute atomic E-state index is 0.520. The van der Waals surface area contributed by atoms with Gasteiger partial charge in [0.05, 0.1) is 13.1 Å². The van der Waals surface area contributed by atoms with E-state index in [0.717, 1.165) is 25.5 Å². The maximum absolute atomic E-state index is 5.25. The Labute approximate surface area is 111 Å². The minimum atomic E-state index is 0.520. The Morgan fingerprint density at radius 3 is 2.61 bits per heavy atom. The zero-order valence-corrected chi connectivity index (χ0v) is 11.7. The maximum Gasteiger partial charge on any atom is 0.192 e. The summed E-state index contributed by atoms with van der Waals surface area (Å²) < 4.78 is 0. The van der Waals surface area contributed by atoms with E-state index in [9.17, 15) is 0 Å². The molecule has 1 saturated heterocycles. The average molecular weight is 250 g/mol. The molecule has 0 spiro atoms. The van der Waals surface area contributed by atoms with Gasteiger partial charge in [-0.05, 0) is 39.3 Å². The standard InChI is InChI=1S/C14H26N4/c1-4-9-16-14(15-6-3)17-12-13(5-2)18-10-7-8-11-18/h1,13H,5-12H2,2-3H3,(H2,15,16,17). The van der Waals surface area contributed by atoms with Gasteiger partial charge in [-0.25, -0.2) is 0 Å². The lowest BCUT2D eigenvalue weighted by molar-refractivity contribution is 0.242. The second-order valence-corrected chi connectivity index (χ2v) is 4.58. The molecule has 4 nitrogen and oxygen atoms in total. The van der Waals surface area contributed by atoms with Gasteiger partial charge < -0.3 is 10.6 Å². The Balaban J connectivity index is 2.47. The molecule has 0 amide bonds. The molecule has 4 heteroatoms. The lowest BCUT2D eigenvalue weighted by Crippen LogP contribution is -2.40. The highest BCUT2D eigenvalue weighted by Crippen LogP contribution is 2.14. The molecule has 0 saturated carbocycles. The van der Waals surface area contributed by atoms with Gasteiger partial charge in [-0.3, -0.25) is 9.89 Å². The van der Waals surface area contributed by atoms with Crippen LogP contribution in [0.25, 0.3) is 0 Å². The van der Waals surface area contributed by atoms with Gasteiger partial charge in [-0.1, -0.05) is 12.8 Å². The molecular weight excluding hydrogens is 224 g/mol. The van der Waals surface area contributed by atoms with Crippen LogP contribution in [0.4, 0.5) is 0 Å². The molecule has 0 aromatic rings. The van der Waals surface area contributed by atoms with Crippen LogP contribution in [0.2, 0.25) is 0 Å². The summed E-state index contributed by atoms with van der Waals surface area (Å²) in [5.74, 6) is 3.40. The summed E-state index contributed by atoms with van der Waals surface area (Å²) in [4.78, 5) is 7.17. The normalized spacial score (nSPS) is 18.4. The molecule has 0 aromatic heterocycles. The maximum atomic E-state index is 5.25. The van der Waals surface area contributed by atoms with E-state index >= 15 is 0 Å². The number of nitrogens with one attached hydrogen (secondary N) is 2. The Hall–Kier alpha value is -1.21. The molecule has 102 valence electrons. The smallest absolute Gasteiger partial charge is 0.192 e. The van der Waals surface area contributed by atoms with Gasteiger partial charge in [-0.2, -0.15) is 0 Å². The molecular formula is C14H26N4. The summed E-state index contributed by atoms with van der Waals surface area (Å²) in [7, 11) is 0. The van der Waals surface area contributed by atoms with Gasteiger partial charge in [-0.15, -0.1) is 6.42 Å². The first-order valence-corrected chi connectivity index (χ1v) is 7.01. The predicted octanol–water partition coefficient (Wildman–Crippen LogP) is 1.05. The van der Waals surface area contributed by atoms with Crippen LogP contribution in [0.5, 0.6) is 0 Å². The molecule has 2 N–H and O–H groups in total. The van der Waals surface area contributed by atoms with Crippen molar-refractivity contribution in [1.29, 1.82) is 0 Å². The van der Waals surface area contributed by atoms with Gasteiger partial charge >= 0.3 is 0 Å². The minimum Gasteiger partial charge on any atom is -0.357 e. The van der Waals surface area contributed by atoms with Crippen molar-refractivity contribution in [2.45, 2.75) is 39.2 Å². The van der Waals surface area contributed by atoms with E-state index in [1.807, 2.05) is 0 Å². The van der Waals surface area contributed by atoms with Gasteiger partial charge in [0, 0.05) is 12.6 Å². The lowest BCUT2D eigenvalue weighted by atomic mass is 10.2. The summed E-state index contributed by atoms with van der Waals surface area (Å²) in [5, 5.41) is 6.34. The summed E-state index contributed by atoms with van der Waals surface area (Å²) in [6.07, 6.45) is 9.06. The fraction of sp³-hybridized carbons (Fsp3) is 0.786. The monoisotopic (exact) mass is 250 g/mol. The van der Waals surface area contributed by atoms with Crippen molar-refractivity contribution < 1.29 is 0 Å². The molecule has 0 aliphatic carbocycles. The first kappa shape index (κ1) is 14.8. The molecule has 1 aliphatic rings. The second-order valence-electron chi connectivity index (χ2n) is 4.58. The Morgan fingerprint density at radius 2 is 2.06 bits per heavy atom. The summed E-state index contributed by atoms with van der Waals surface area (Å²) in [6.45, 7) is 8.97. The van der Waals surface area contributed by atoms with Crippen molar-refractivity contribution in [3.05, 3.63) is 0 Å². The van der Waals surface area contributed by atoms with Gasteiger partial charge in [0.1, 0.15) is 0 Å². The number of hydrogen-bond donors (Lipinski definition) is 2. The number of rotatable bonds is 6.